The molecule has 0 radical (unpaired) electrons. The van der Waals surface area contributed by atoms with Crippen LogP contribution in [-0.4, -0.2) is 38.3 Å². The zero-order valence-corrected chi connectivity index (χ0v) is 14.7. The van der Waals surface area contributed by atoms with Crippen molar-refractivity contribution in [3.8, 4) is 0 Å². The van der Waals surface area contributed by atoms with Gasteiger partial charge in [0.15, 0.2) is 0 Å². The number of carbonyl (C=O) groups excluding carboxylic acids is 1. The van der Waals surface area contributed by atoms with Gasteiger partial charge in [0, 0.05) is 36.3 Å². The third-order valence-corrected chi connectivity index (χ3v) is 5.91. The van der Waals surface area contributed by atoms with E-state index in [-0.39, 0.29) is 11.3 Å². The highest BCUT2D eigenvalue weighted by Gasteiger charge is 2.37. The number of imidazole rings is 1. The summed E-state index contributed by atoms with van der Waals surface area (Å²) in [6, 6.07) is 5.47. The largest absolute Gasteiger partial charge is 0.337 e. The van der Waals surface area contributed by atoms with Gasteiger partial charge in [-0.2, -0.15) is 0 Å². The molecule has 0 atom stereocenters. The third kappa shape index (κ3) is 2.41. The van der Waals surface area contributed by atoms with Gasteiger partial charge < -0.3 is 4.90 Å². The Labute approximate surface area is 145 Å². The van der Waals surface area contributed by atoms with Crippen molar-refractivity contribution in [3.63, 3.8) is 0 Å². The lowest BCUT2D eigenvalue weighted by molar-refractivity contribution is 0.0669. The van der Waals surface area contributed by atoms with Crippen molar-refractivity contribution in [2.75, 3.05) is 13.1 Å². The summed E-state index contributed by atoms with van der Waals surface area (Å²) in [7, 11) is 0. The first-order chi connectivity index (χ1) is 11.6. The summed E-state index contributed by atoms with van der Waals surface area (Å²) in [5, 5.41) is 2.11. The van der Waals surface area contributed by atoms with Gasteiger partial charge in [-0.25, -0.2) is 4.98 Å². The van der Waals surface area contributed by atoms with E-state index in [2.05, 4.69) is 27.9 Å². The van der Waals surface area contributed by atoms with E-state index in [0.29, 0.717) is 5.69 Å². The number of piperidine rings is 1. The lowest BCUT2D eigenvalue weighted by Crippen LogP contribution is -2.44. The van der Waals surface area contributed by atoms with Crippen molar-refractivity contribution in [1.29, 1.82) is 0 Å². The summed E-state index contributed by atoms with van der Waals surface area (Å²) in [5.41, 5.74) is 1.73. The Balaban J connectivity index is 1.55. The summed E-state index contributed by atoms with van der Waals surface area (Å²) < 4.78 is 2.16. The Morgan fingerprint density at radius 3 is 2.79 bits per heavy atom. The number of fused-ring (bicyclic) bond motifs is 1. The zero-order valence-electron chi connectivity index (χ0n) is 13.9. The van der Waals surface area contributed by atoms with Crippen molar-refractivity contribution >= 4 is 22.1 Å². The highest BCUT2D eigenvalue weighted by atomic mass is 32.1. The molecule has 0 unspecified atom stereocenters. The Morgan fingerprint density at radius 1 is 1.29 bits per heavy atom. The maximum absolute atomic E-state index is 12.6. The molecule has 3 aromatic rings. The molecule has 0 spiro atoms. The topological polar surface area (TPSA) is 50.5 Å². The molecule has 124 valence electrons. The van der Waals surface area contributed by atoms with E-state index in [0.717, 1.165) is 31.8 Å². The standard InChI is InChI=1S/C18H20N4OS/c1-13-20-15(17-22(13)11-12-24-17)18(2)6-9-21(10-7-18)16(23)14-5-3-4-8-19-14/h3-5,8,11-12H,6-7,9-10H2,1-2H3. The van der Waals surface area contributed by atoms with E-state index in [1.54, 1.807) is 23.6 Å². The van der Waals surface area contributed by atoms with Gasteiger partial charge in [-0.15, -0.1) is 11.3 Å². The van der Waals surface area contributed by atoms with Crippen molar-refractivity contribution in [3.05, 3.63) is 53.2 Å². The number of pyridine rings is 1. The molecule has 1 saturated heterocycles. The Kier molecular flexibility index (Phi) is 3.64. The first kappa shape index (κ1) is 15.3. The van der Waals surface area contributed by atoms with Crippen LogP contribution in [0.1, 0.15) is 41.8 Å². The van der Waals surface area contributed by atoms with E-state index in [1.165, 1.54) is 10.5 Å². The molecule has 3 aromatic heterocycles. The van der Waals surface area contributed by atoms with Crippen molar-refractivity contribution in [2.45, 2.75) is 32.1 Å². The SMILES string of the molecule is Cc1nc(C2(C)CCN(C(=O)c3ccccn3)CC2)c2sccn12. The van der Waals surface area contributed by atoms with Crippen LogP contribution in [0.25, 0.3) is 4.83 Å². The number of hydrogen-bond acceptors (Lipinski definition) is 4. The van der Waals surface area contributed by atoms with Gasteiger partial charge in [-0.05, 0) is 31.9 Å². The lowest BCUT2D eigenvalue weighted by atomic mass is 9.78. The van der Waals surface area contributed by atoms with Gasteiger partial charge in [0.25, 0.3) is 5.91 Å². The minimum absolute atomic E-state index is 0.0191. The van der Waals surface area contributed by atoms with E-state index in [9.17, 15) is 4.79 Å². The number of likely N-dealkylation sites (tertiary alicyclic amines) is 1. The number of thiazole rings is 1. The van der Waals surface area contributed by atoms with E-state index < -0.39 is 0 Å². The zero-order chi connectivity index (χ0) is 16.7. The summed E-state index contributed by atoms with van der Waals surface area (Å²) in [6.45, 7) is 5.81. The van der Waals surface area contributed by atoms with Gasteiger partial charge in [0.1, 0.15) is 16.3 Å². The molecule has 0 aromatic carbocycles. The summed E-state index contributed by atoms with van der Waals surface area (Å²) >= 11 is 1.74. The van der Waals surface area contributed by atoms with E-state index >= 15 is 0 Å². The molecule has 0 aliphatic carbocycles. The highest BCUT2D eigenvalue weighted by molar-refractivity contribution is 7.15. The molecule has 4 rings (SSSR count). The van der Waals surface area contributed by atoms with Gasteiger partial charge in [0.2, 0.25) is 0 Å². The molecule has 0 bridgehead atoms. The maximum Gasteiger partial charge on any atom is 0.272 e. The minimum atomic E-state index is 0.0191. The van der Waals surface area contributed by atoms with E-state index in [4.69, 9.17) is 4.98 Å². The molecular weight excluding hydrogens is 320 g/mol. The number of nitrogens with zero attached hydrogens (tertiary/aromatic N) is 4. The first-order valence-corrected chi connectivity index (χ1v) is 9.09. The Hall–Kier alpha value is -2.21. The predicted octanol–water partition coefficient (Wildman–Crippen LogP) is 3.29. The lowest BCUT2D eigenvalue weighted by Gasteiger charge is -2.38. The molecule has 1 aliphatic rings. The molecule has 0 saturated carbocycles. The van der Waals surface area contributed by atoms with Crippen LogP contribution in [-0.2, 0) is 5.41 Å². The summed E-state index contributed by atoms with van der Waals surface area (Å²) in [4.78, 5) is 24.7. The fraction of sp³-hybridized carbons (Fsp3) is 0.389. The van der Waals surface area contributed by atoms with Crippen molar-refractivity contribution in [2.24, 2.45) is 0 Å². The second-order valence-electron chi connectivity index (χ2n) is 6.65. The van der Waals surface area contributed by atoms with Crippen LogP contribution in [0.15, 0.2) is 36.0 Å². The third-order valence-electron chi connectivity index (χ3n) is 5.04. The Bertz CT molecular complexity index is 875. The van der Waals surface area contributed by atoms with Gasteiger partial charge in [-0.3, -0.25) is 14.2 Å². The van der Waals surface area contributed by atoms with Crippen LogP contribution in [0, 0.1) is 6.92 Å². The summed E-state index contributed by atoms with van der Waals surface area (Å²) in [6.07, 6.45) is 5.60. The number of hydrogen-bond donors (Lipinski definition) is 0. The molecule has 1 fully saturated rings. The van der Waals surface area contributed by atoms with Crippen LogP contribution >= 0.6 is 11.3 Å². The van der Waals surface area contributed by atoms with Crippen molar-refractivity contribution < 1.29 is 4.79 Å². The fourth-order valence-corrected chi connectivity index (χ4v) is 4.47. The quantitative estimate of drug-likeness (QED) is 0.719. The monoisotopic (exact) mass is 340 g/mol. The van der Waals surface area contributed by atoms with Crippen LogP contribution in [0.3, 0.4) is 0 Å². The number of carbonyl (C=O) groups is 1. The molecule has 1 aliphatic heterocycles. The number of aryl methyl sites for hydroxylation is 1. The van der Waals surface area contributed by atoms with Crippen molar-refractivity contribution in [1.82, 2.24) is 19.3 Å². The van der Waals surface area contributed by atoms with E-state index in [1.807, 2.05) is 24.0 Å². The number of amides is 1. The average Bonchev–Trinajstić information content (AvgIpc) is 3.20. The van der Waals surface area contributed by atoms with Gasteiger partial charge in [0.05, 0.1) is 5.69 Å². The molecule has 5 nitrogen and oxygen atoms in total. The second kappa shape index (κ2) is 5.70. The molecule has 6 heteroatoms. The minimum Gasteiger partial charge on any atom is -0.337 e. The number of aromatic nitrogens is 3. The van der Waals surface area contributed by atoms with Crippen LogP contribution in [0.2, 0.25) is 0 Å². The molecule has 24 heavy (non-hydrogen) atoms. The highest BCUT2D eigenvalue weighted by Crippen LogP contribution is 2.38. The fourth-order valence-electron chi connectivity index (χ4n) is 3.45. The second-order valence-corrected chi connectivity index (χ2v) is 7.55. The molecule has 0 N–H and O–H groups in total. The van der Waals surface area contributed by atoms with Crippen LogP contribution in [0.4, 0.5) is 0 Å². The Morgan fingerprint density at radius 2 is 2.08 bits per heavy atom. The smallest absolute Gasteiger partial charge is 0.272 e. The normalized spacial score (nSPS) is 17.3. The molecular formula is C18H20N4OS. The molecule has 1 amide bonds. The molecule has 4 heterocycles. The van der Waals surface area contributed by atoms with Gasteiger partial charge in [-0.1, -0.05) is 13.0 Å². The summed E-state index contributed by atoms with van der Waals surface area (Å²) in [5.74, 6) is 1.06. The predicted molar refractivity (Wildman–Crippen MR) is 94.5 cm³/mol. The average molecular weight is 340 g/mol. The number of rotatable bonds is 2. The maximum atomic E-state index is 12.6. The van der Waals surface area contributed by atoms with Gasteiger partial charge >= 0.3 is 0 Å². The first-order valence-electron chi connectivity index (χ1n) is 8.21. The van der Waals surface area contributed by atoms with Crippen LogP contribution in [0.5, 0.6) is 0 Å². The van der Waals surface area contributed by atoms with Crippen LogP contribution < -0.4 is 0 Å².